The number of carbonyl (C=O) groups excluding carboxylic acids is 3. The molecule has 0 saturated carbocycles. The van der Waals surface area contributed by atoms with E-state index in [0.29, 0.717) is 66.1 Å². The van der Waals surface area contributed by atoms with Crippen LogP contribution in [-0.4, -0.2) is 65.5 Å². The zero-order chi connectivity index (χ0) is 37.7. The van der Waals surface area contributed by atoms with Gasteiger partial charge in [0.05, 0.1) is 35.6 Å². The van der Waals surface area contributed by atoms with Gasteiger partial charge in [0.15, 0.2) is 5.60 Å². The Hall–Kier alpha value is -5.15. The summed E-state index contributed by atoms with van der Waals surface area (Å²) in [5.74, 6) is -1.19. The minimum Gasteiger partial charge on any atom is -0.508 e. The molecule has 14 nitrogen and oxygen atoms in total. The number of pyridine rings is 2. The molecule has 4 aromatic rings. The molecule has 2 aromatic heterocycles. The van der Waals surface area contributed by atoms with Gasteiger partial charge in [0, 0.05) is 29.3 Å². The van der Waals surface area contributed by atoms with Crippen LogP contribution in [0.5, 0.6) is 5.75 Å². The van der Waals surface area contributed by atoms with Crippen LogP contribution in [0.1, 0.15) is 67.3 Å². The zero-order valence-electron chi connectivity index (χ0n) is 30.2. The van der Waals surface area contributed by atoms with E-state index in [1.165, 1.54) is 7.11 Å². The van der Waals surface area contributed by atoms with E-state index in [0.717, 1.165) is 28.5 Å². The number of carbonyl (C=O) groups is 3. The summed E-state index contributed by atoms with van der Waals surface area (Å²) in [6.07, 6.45) is 2.71. The number of esters is 1. The van der Waals surface area contributed by atoms with Crippen molar-refractivity contribution in [2.24, 2.45) is 5.73 Å². The maximum Gasteiger partial charge on any atom is 0.343 e. The van der Waals surface area contributed by atoms with Crippen LogP contribution in [0.4, 0.5) is 5.69 Å². The lowest BCUT2D eigenvalue weighted by Gasteiger charge is -2.36. The Morgan fingerprint density at radius 3 is 2.60 bits per heavy atom. The highest BCUT2D eigenvalue weighted by molar-refractivity contribution is 5.97. The molecule has 2 aliphatic heterocycles. The number of fused-ring (bicyclic) bond motifs is 5. The molecule has 6 rings (SSSR count). The summed E-state index contributed by atoms with van der Waals surface area (Å²) >= 11 is 0. The van der Waals surface area contributed by atoms with Crippen molar-refractivity contribution in [1.29, 1.82) is 0 Å². The predicted octanol–water partition coefficient (Wildman–Crippen LogP) is 3.74. The third-order valence-electron chi connectivity index (χ3n) is 9.86. The highest BCUT2D eigenvalue weighted by atomic mass is 16.7. The quantitative estimate of drug-likeness (QED) is 0.0657. The summed E-state index contributed by atoms with van der Waals surface area (Å²) in [7, 11) is 1.41. The maximum atomic E-state index is 14.0. The van der Waals surface area contributed by atoms with Crippen molar-refractivity contribution < 1.29 is 38.4 Å². The Morgan fingerprint density at radius 1 is 1.09 bits per heavy atom. The number of cyclic esters (lactones) is 1. The number of hydrogen-bond acceptors (Lipinski definition) is 11. The van der Waals surface area contributed by atoms with Gasteiger partial charge in [0.1, 0.15) is 31.8 Å². The molecule has 2 atom stereocenters. The van der Waals surface area contributed by atoms with Crippen molar-refractivity contribution >= 4 is 34.4 Å². The molecule has 0 bridgehead atoms. The number of anilines is 1. The Bertz CT molecular complexity index is 2080. The fraction of sp³-hybridized carbons (Fsp3) is 0.410. The lowest BCUT2D eigenvalue weighted by Crippen LogP contribution is -2.46. The normalized spacial score (nSPS) is 16.4. The summed E-state index contributed by atoms with van der Waals surface area (Å²) in [5.41, 5.74) is 9.73. The largest absolute Gasteiger partial charge is 0.508 e. The highest BCUT2D eigenvalue weighted by Gasteiger charge is 2.48. The number of aromatic hydroxyl groups is 1. The summed E-state index contributed by atoms with van der Waals surface area (Å²) in [6, 6.07) is 13.2. The van der Waals surface area contributed by atoms with E-state index in [-0.39, 0.29) is 56.2 Å². The molecule has 53 heavy (non-hydrogen) atoms. The summed E-state index contributed by atoms with van der Waals surface area (Å²) in [4.78, 5) is 57.4. The smallest absolute Gasteiger partial charge is 0.343 e. The zero-order valence-corrected chi connectivity index (χ0v) is 30.2. The van der Waals surface area contributed by atoms with E-state index >= 15 is 0 Å². The van der Waals surface area contributed by atoms with E-state index in [1.807, 2.05) is 13.0 Å². The van der Waals surface area contributed by atoms with Crippen LogP contribution < -0.4 is 21.9 Å². The molecular weight excluding hydrogens is 682 g/mol. The van der Waals surface area contributed by atoms with Crippen LogP contribution in [0.15, 0.2) is 53.3 Å². The molecule has 0 aliphatic carbocycles. The SMILES string of the molecule is CCc1c2c(nc3ccc(O)cc13)-c1cc3c(c(=O)n1C2)COC(=O)C3(CC)OCOCc1ccc(NC(=O)C(CCCCN)NC(=O)COC)cc1. The highest BCUT2D eigenvalue weighted by Crippen LogP contribution is 2.42. The first kappa shape index (κ1) is 37.6. The molecule has 2 amide bonds. The molecule has 0 saturated heterocycles. The fourth-order valence-corrected chi connectivity index (χ4v) is 7.12. The lowest BCUT2D eigenvalue weighted by atomic mass is 9.85. The average Bonchev–Trinajstić information content (AvgIpc) is 3.52. The minimum absolute atomic E-state index is 0.136. The number of methoxy groups -OCH3 is 1. The van der Waals surface area contributed by atoms with Crippen molar-refractivity contribution in [2.45, 2.75) is 77.4 Å². The predicted molar refractivity (Wildman–Crippen MR) is 196 cm³/mol. The van der Waals surface area contributed by atoms with Gasteiger partial charge in [-0.3, -0.25) is 14.4 Å². The van der Waals surface area contributed by atoms with Crippen molar-refractivity contribution in [3.8, 4) is 17.1 Å². The molecular formula is C39H45N5O9. The molecule has 280 valence electrons. The number of hydrogen-bond donors (Lipinski definition) is 4. The second-order valence-electron chi connectivity index (χ2n) is 13.2. The second-order valence-corrected chi connectivity index (χ2v) is 13.2. The topological polar surface area (TPSA) is 193 Å². The molecule has 0 fully saturated rings. The molecule has 0 radical (unpaired) electrons. The summed E-state index contributed by atoms with van der Waals surface area (Å²) < 4.78 is 24.1. The standard InChI is InChI=1S/C39H45N5O9/c1-4-26-27-16-25(45)13-14-31(27)43-35-28(26)18-44-33(35)17-30-29(37(44)48)20-52-38(49)39(30,5-2)53-22-51-19-23-9-11-24(12-10-23)41-36(47)32(8-6-7-15-40)42-34(46)21-50-3/h9-14,16-17,32,45H,4-8,15,18-22,40H2,1-3H3,(H,41,47)(H,42,46). The first-order chi connectivity index (χ1) is 25.6. The number of aryl methyl sites for hydroxylation is 1. The van der Waals surface area contributed by atoms with Crippen LogP contribution >= 0.6 is 0 Å². The molecule has 2 aromatic carbocycles. The Balaban J connectivity index is 1.15. The van der Waals surface area contributed by atoms with Gasteiger partial charge in [0.2, 0.25) is 11.8 Å². The van der Waals surface area contributed by atoms with Crippen molar-refractivity contribution in [3.05, 3.63) is 86.7 Å². The second kappa shape index (κ2) is 16.3. The van der Waals surface area contributed by atoms with E-state index in [9.17, 15) is 24.3 Å². The van der Waals surface area contributed by atoms with Gasteiger partial charge in [-0.1, -0.05) is 26.0 Å². The third-order valence-corrected chi connectivity index (χ3v) is 9.86. The third kappa shape index (κ3) is 7.53. The minimum atomic E-state index is -1.57. The number of nitrogens with two attached hydrogens (primary N) is 1. The maximum absolute atomic E-state index is 14.0. The van der Waals surface area contributed by atoms with E-state index < -0.39 is 17.6 Å². The number of amides is 2. The number of nitrogens with zero attached hydrogens (tertiary/aromatic N) is 2. The van der Waals surface area contributed by atoms with E-state index in [1.54, 1.807) is 54.0 Å². The number of unbranched alkanes of at least 4 members (excludes halogenated alkanes) is 1. The van der Waals surface area contributed by atoms with Gasteiger partial charge >= 0.3 is 5.97 Å². The number of nitrogens with one attached hydrogen (secondary N) is 2. The monoisotopic (exact) mass is 727 g/mol. The summed E-state index contributed by atoms with van der Waals surface area (Å²) in [6.45, 7) is 4.18. The van der Waals surface area contributed by atoms with Crippen molar-refractivity contribution in [1.82, 2.24) is 14.9 Å². The van der Waals surface area contributed by atoms with Crippen LogP contribution in [0.25, 0.3) is 22.3 Å². The first-order valence-corrected chi connectivity index (χ1v) is 17.8. The Morgan fingerprint density at radius 2 is 1.89 bits per heavy atom. The van der Waals surface area contributed by atoms with Crippen LogP contribution in [-0.2, 0) is 65.1 Å². The van der Waals surface area contributed by atoms with Crippen LogP contribution in [0, 0.1) is 0 Å². The average molecular weight is 728 g/mol. The summed E-state index contributed by atoms with van der Waals surface area (Å²) in [5, 5.41) is 16.5. The number of ether oxygens (including phenoxy) is 4. The van der Waals surface area contributed by atoms with Gasteiger partial charge in [-0.15, -0.1) is 0 Å². The van der Waals surface area contributed by atoms with E-state index in [2.05, 4.69) is 10.6 Å². The van der Waals surface area contributed by atoms with Gasteiger partial charge in [0.25, 0.3) is 5.56 Å². The number of phenolic OH excluding ortho intramolecular Hbond substituents is 1. The molecule has 5 N–H and O–H groups in total. The molecule has 14 heteroatoms. The van der Waals surface area contributed by atoms with Crippen LogP contribution in [0.2, 0.25) is 0 Å². The first-order valence-electron chi connectivity index (χ1n) is 17.8. The van der Waals surface area contributed by atoms with Gasteiger partial charge in [-0.2, -0.15) is 0 Å². The molecule has 4 heterocycles. The Kier molecular flexibility index (Phi) is 11.5. The molecule has 2 aliphatic rings. The number of aromatic nitrogens is 2. The van der Waals surface area contributed by atoms with Gasteiger partial charge in [-0.05, 0) is 86.2 Å². The number of phenols is 1. The van der Waals surface area contributed by atoms with Gasteiger partial charge < -0.3 is 45.0 Å². The van der Waals surface area contributed by atoms with Crippen molar-refractivity contribution in [3.63, 3.8) is 0 Å². The number of benzene rings is 2. The molecule has 0 spiro atoms. The number of rotatable bonds is 16. The van der Waals surface area contributed by atoms with E-state index in [4.69, 9.17) is 29.7 Å². The van der Waals surface area contributed by atoms with Crippen molar-refractivity contribution in [2.75, 3.05) is 32.4 Å². The molecule has 2 unspecified atom stereocenters. The lowest BCUT2D eigenvalue weighted by molar-refractivity contribution is -0.201. The van der Waals surface area contributed by atoms with Crippen LogP contribution in [0.3, 0.4) is 0 Å². The fourth-order valence-electron chi connectivity index (χ4n) is 7.12. The Labute approximate surface area is 306 Å². The van der Waals surface area contributed by atoms with Gasteiger partial charge in [-0.25, -0.2) is 9.78 Å².